The second-order valence-corrected chi connectivity index (χ2v) is 4.79. The van der Waals surface area contributed by atoms with Gasteiger partial charge >= 0.3 is 5.97 Å². The molecule has 1 saturated carbocycles. The number of ether oxygens (including phenoxy) is 2. The first kappa shape index (κ1) is 13.5. The molecule has 4 nitrogen and oxygen atoms in total. The van der Waals surface area contributed by atoms with Crippen LogP contribution in [0.1, 0.15) is 40.0 Å². The van der Waals surface area contributed by atoms with Crippen LogP contribution in [0.25, 0.3) is 0 Å². The lowest BCUT2D eigenvalue weighted by atomic mass is 9.85. The Kier molecular flexibility index (Phi) is 4.74. The van der Waals surface area contributed by atoms with Crippen LogP contribution in [0, 0.1) is 5.41 Å². The van der Waals surface area contributed by atoms with Crippen molar-refractivity contribution in [1.82, 2.24) is 0 Å². The molecule has 1 aliphatic carbocycles. The van der Waals surface area contributed by atoms with Crippen LogP contribution in [0.2, 0.25) is 0 Å². The molecule has 16 heavy (non-hydrogen) atoms. The van der Waals surface area contributed by atoms with Crippen LogP contribution in [0.5, 0.6) is 0 Å². The number of hydrogen-bond donors (Lipinski definition) is 1. The lowest BCUT2D eigenvalue weighted by molar-refractivity contribution is -0.162. The molecule has 1 aliphatic rings. The normalized spacial score (nSPS) is 31.4. The van der Waals surface area contributed by atoms with Gasteiger partial charge in [0.05, 0.1) is 12.0 Å². The van der Waals surface area contributed by atoms with Gasteiger partial charge in [-0.2, -0.15) is 0 Å². The minimum Gasteiger partial charge on any atom is -0.460 e. The highest BCUT2D eigenvalue weighted by Gasteiger charge is 2.44. The topological polar surface area (TPSA) is 61.5 Å². The Labute approximate surface area is 97.5 Å². The first-order valence-corrected chi connectivity index (χ1v) is 6.05. The van der Waals surface area contributed by atoms with E-state index in [1.165, 1.54) is 0 Å². The summed E-state index contributed by atoms with van der Waals surface area (Å²) in [5, 5.41) is 0. The number of nitrogens with two attached hydrogens (primary N) is 1. The molecule has 0 aromatic heterocycles. The molecule has 4 heteroatoms. The van der Waals surface area contributed by atoms with Crippen LogP contribution in [-0.2, 0) is 14.3 Å². The Bertz CT molecular complexity index is 244. The van der Waals surface area contributed by atoms with Crippen molar-refractivity contribution < 1.29 is 14.3 Å². The van der Waals surface area contributed by atoms with E-state index in [0.29, 0.717) is 13.2 Å². The average molecular weight is 229 g/mol. The van der Waals surface area contributed by atoms with Gasteiger partial charge in [-0.1, -0.05) is 6.42 Å². The van der Waals surface area contributed by atoms with Crippen molar-refractivity contribution in [2.75, 3.05) is 13.2 Å². The van der Waals surface area contributed by atoms with Gasteiger partial charge in [-0.15, -0.1) is 0 Å². The molecule has 0 heterocycles. The maximum Gasteiger partial charge on any atom is 0.313 e. The van der Waals surface area contributed by atoms with Crippen molar-refractivity contribution in [1.29, 1.82) is 0 Å². The van der Waals surface area contributed by atoms with E-state index in [1.54, 1.807) is 0 Å². The summed E-state index contributed by atoms with van der Waals surface area (Å²) >= 11 is 0. The molecule has 3 atom stereocenters. The number of hydrogen-bond acceptors (Lipinski definition) is 4. The molecular formula is C12H23NO3. The van der Waals surface area contributed by atoms with E-state index in [1.807, 2.05) is 20.8 Å². The van der Waals surface area contributed by atoms with Gasteiger partial charge in [0.2, 0.25) is 0 Å². The number of esters is 1. The minimum absolute atomic E-state index is 0.0701. The predicted octanol–water partition coefficient (Wildman–Crippen LogP) is 1.47. The molecule has 0 bridgehead atoms. The third kappa shape index (κ3) is 2.95. The number of carbonyl (C=O) groups excluding carboxylic acids is 1. The largest absolute Gasteiger partial charge is 0.460 e. The van der Waals surface area contributed by atoms with Gasteiger partial charge < -0.3 is 15.2 Å². The third-order valence-corrected chi connectivity index (χ3v) is 3.36. The van der Waals surface area contributed by atoms with E-state index in [4.69, 9.17) is 15.2 Å². The highest BCUT2D eigenvalue weighted by Crippen LogP contribution is 2.38. The fourth-order valence-electron chi connectivity index (χ4n) is 2.08. The van der Waals surface area contributed by atoms with Crippen LogP contribution in [-0.4, -0.2) is 31.3 Å². The van der Waals surface area contributed by atoms with Gasteiger partial charge in [0.25, 0.3) is 0 Å². The number of rotatable bonds is 5. The summed E-state index contributed by atoms with van der Waals surface area (Å²) in [6.07, 6.45) is 2.55. The van der Waals surface area contributed by atoms with Crippen molar-refractivity contribution in [2.24, 2.45) is 11.1 Å². The fourth-order valence-corrected chi connectivity index (χ4v) is 2.08. The Hall–Kier alpha value is -0.610. The summed E-state index contributed by atoms with van der Waals surface area (Å²) in [4.78, 5) is 12.0. The van der Waals surface area contributed by atoms with Gasteiger partial charge in [0.15, 0.2) is 0 Å². The second kappa shape index (κ2) is 5.64. The van der Waals surface area contributed by atoms with Gasteiger partial charge in [-0.3, -0.25) is 4.79 Å². The van der Waals surface area contributed by atoms with Crippen LogP contribution in [0.15, 0.2) is 0 Å². The highest BCUT2D eigenvalue weighted by molar-refractivity contribution is 5.78. The van der Waals surface area contributed by atoms with Crippen molar-refractivity contribution in [3.63, 3.8) is 0 Å². The molecule has 94 valence electrons. The maximum absolute atomic E-state index is 12.0. The van der Waals surface area contributed by atoms with Crippen LogP contribution in [0.4, 0.5) is 0 Å². The molecule has 0 aromatic carbocycles. The van der Waals surface area contributed by atoms with Gasteiger partial charge in [0.1, 0.15) is 6.10 Å². The zero-order valence-electron chi connectivity index (χ0n) is 10.5. The Morgan fingerprint density at radius 3 is 2.81 bits per heavy atom. The van der Waals surface area contributed by atoms with Crippen molar-refractivity contribution in [3.8, 4) is 0 Å². The molecule has 1 rings (SSSR count). The fraction of sp³-hybridized carbons (Fsp3) is 0.917. The summed E-state index contributed by atoms with van der Waals surface area (Å²) in [6.45, 7) is 6.76. The SMILES string of the molecule is CCOCC(C)OC(=O)C1(C)CCCC1N. The molecule has 1 fully saturated rings. The van der Waals surface area contributed by atoms with Crippen molar-refractivity contribution in [2.45, 2.75) is 52.2 Å². The van der Waals surface area contributed by atoms with Gasteiger partial charge in [-0.05, 0) is 33.6 Å². The Morgan fingerprint density at radius 1 is 1.62 bits per heavy atom. The summed E-state index contributed by atoms with van der Waals surface area (Å²) in [6, 6.07) is -0.0701. The quantitative estimate of drug-likeness (QED) is 0.725. The summed E-state index contributed by atoms with van der Waals surface area (Å²) < 4.78 is 10.6. The Morgan fingerprint density at radius 2 is 2.31 bits per heavy atom. The zero-order valence-corrected chi connectivity index (χ0v) is 10.5. The van der Waals surface area contributed by atoms with Crippen molar-refractivity contribution in [3.05, 3.63) is 0 Å². The first-order chi connectivity index (χ1) is 7.50. The summed E-state index contributed by atoms with van der Waals surface area (Å²) in [7, 11) is 0. The minimum atomic E-state index is -0.500. The van der Waals surface area contributed by atoms with E-state index < -0.39 is 5.41 Å². The van der Waals surface area contributed by atoms with E-state index in [2.05, 4.69) is 0 Å². The van der Waals surface area contributed by atoms with Crippen LogP contribution < -0.4 is 5.73 Å². The van der Waals surface area contributed by atoms with E-state index in [9.17, 15) is 4.79 Å². The number of carbonyl (C=O) groups is 1. The van der Waals surface area contributed by atoms with Crippen LogP contribution >= 0.6 is 0 Å². The summed E-state index contributed by atoms with van der Waals surface area (Å²) in [5.74, 6) is -0.176. The standard InChI is InChI=1S/C12H23NO3/c1-4-15-8-9(2)16-11(14)12(3)7-5-6-10(12)13/h9-10H,4-8,13H2,1-3H3. The second-order valence-electron chi connectivity index (χ2n) is 4.79. The molecular weight excluding hydrogens is 206 g/mol. The molecule has 0 amide bonds. The molecule has 0 spiro atoms. The third-order valence-electron chi connectivity index (χ3n) is 3.36. The Balaban J connectivity index is 2.45. The maximum atomic E-state index is 12.0. The van der Waals surface area contributed by atoms with E-state index in [-0.39, 0.29) is 18.1 Å². The molecule has 0 aliphatic heterocycles. The lowest BCUT2D eigenvalue weighted by Gasteiger charge is -2.28. The average Bonchev–Trinajstić information content (AvgIpc) is 2.57. The first-order valence-electron chi connectivity index (χ1n) is 6.05. The molecule has 2 N–H and O–H groups in total. The summed E-state index contributed by atoms with van der Waals surface area (Å²) in [5.41, 5.74) is 5.46. The highest BCUT2D eigenvalue weighted by atomic mass is 16.6. The smallest absolute Gasteiger partial charge is 0.313 e. The monoisotopic (exact) mass is 229 g/mol. The van der Waals surface area contributed by atoms with Crippen LogP contribution in [0.3, 0.4) is 0 Å². The van der Waals surface area contributed by atoms with Gasteiger partial charge in [-0.25, -0.2) is 0 Å². The molecule has 0 aromatic rings. The van der Waals surface area contributed by atoms with E-state index >= 15 is 0 Å². The molecule has 3 unspecified atom stereocenters. The predicted molar refractivity (Wildman–Crippen MR) is 62.0 cm³/mol. The molecule has 0 radical (unpaired) electrons. The lowest BCUT2D eigenvalue weighted by Crippen LogP contribution is -2.43. The van der Waals surface area contributed by atoms with Gasteiger partial charge in [0, 0.05) is 12.6 Å². The van der Waals surface area contributed by atoms with E-state index in [0.717, 1.165) is 19.3 Å². The molecule has 0 saturated heterocycles. The zero-order chi connectivity index (χ0) is 12.2. The van der Waals surface area contributed by atoms with Crippen molar-refractivity contribution >= 4 is 5.97 Å².